The number of halogens is 2. The number of carbonyl (C=O) groups is 1. The molecule has 0 bridgehead atoms. The summed E-state index contributed by atoms with van der Waals surface area (Å²) in [5, 5.41) is 18.3. The van der Waals surface area contributed by atoms with Crippen molar-refractivity contribution in [2.75, 3.05) is 40.4 Å². The molecule has 1 aliphatic heterocycles. The lowest BCUT2D eigenvalue weighted by Crippen LogP contribution is -2.54. The topological polar surface area (TPSA) is 73.8 Å². The minimum Gasteiger partial charge on any atom is -0.385 e. The van der Waals surface area contributed by atoms with Crippen LogP contribution in [0.1, 0.15) is 69.8 Å². The number of urea groups is 1. The van der Waals surface area contributed by atoms with E-state index in [1.54, 1.807) is 30.2 Å². The smallest absolute Gasteiger partial charge is 0.317 e. The second-order valence-corrected chi connectivity index (χ2v) is 10.7. The fourth-order valence-electron chi connectivity index (χ4n) is 6.03. The standard InChI is InChI=1S/C28H45F2N3O3/c1-31-19-24(18-21-11-13-23(29)14-12-21)32-27(34)33-16-7-8-22(20-33)28(35,15-5-6-17-36-2)25-9-3-4-10-26(25)30/h3-4,9-10,21-24,31,35H,5-8,11-20H2,1-2H3,(H,32,34)/t21?,22-,23?,24?,28-/m1/s1. The molecular weight excluding hydrogens is 464 g/mol. The maximum Gasteiger partial charge on any atom is 0.317 e. The summed E-state index contributed by atoms with van der Waals surface area (Å²) < 4.78 is 33.6. The number of likely N-dealkylation sites (N-methyl/N-ethyl adjacent to an activating group) is 1. The molecule has 1 saturated heterocycles. The van der Waals surface area contributed by atoms with Crippen LogP contribution in [0, 0.1) is 17.7 Å². The highest BCUT2D eigenvalue weighted by Gasteiger charge is 2.42. The van der Waals surface area contributed by atoms with Crippen LogP contribution in [0.15, 0.2) is 24.3 Å². The van der Waals surface area contributed by atoms with E-state index in [0.29, 0.717) is 63.4 Å². The Morgan fingerprint density at radius 2 is 1.97 bits per heavy atom. The summed E-state index contributed by atoms with van der Waals surface area (Å²) in [6.07, 6.45) is 6.46. The number of likely N-dealkylation sites (tertiary alicyclic amines) is 1. The largest absolute Gasteiger partial charge is 0.385 e. The first kappa shape index (κ1) is 28.8. The monoisotopic (exact) mass is 509 g/mol. The maximum absolute atomic E-state index is 14.9. The fourth-order valence-corrected chi connectivity index (χ4v) is 6.03. The number of alkyl halides is 1. The van der Waals surface area contributed by atoms with Crippen molar-refractivity contribution in [3.8, 4) is 0 Å². The van der Waals surface area contributed by atoms with Crippen LogP contribution in [0.5, 0.6) is 0 Å². The Bertz CT molecular complexity index is 806. The first-order valence-corrected chi connectivity index (χ1v) is 13.7. The highest BCUT2D eigenvalue weighted by Crippen LogP contribution is 2.41. The molecule has 0 aromatic heterocycles. The molecular formula is C28H45F2N3O3. The minimum absolute atomic E-state index is 0.0384. The molecule has 1 aliphatic carbocycles. The molecule has 2 amide bonds. The van der Waals surface area contributed by atoms with E-state index in [0.717, 1.165) is 38.5 Å². The van der Waals surface area contributed by atoms with Crippen molar-refractivity contribution in [2.24, 2.45) is 11.8 Å². The van der Waals surface area contributed by atoms with Gasteiger partial charge in [0.15, 0.2) is 0 Å². The lowest BCUT2D eigenvalue weighted by atomic mass is 9.74. The van der Waals surface area contributed by atoms with Gasteiger partial charge in [-0.2, -0.15) is 0 Å². The average molecular weight is 510 g/mol. The van der Waals surface area contributed by atoms with Gasteiger partial charge in [0.25, 0.3) is 0 Å². The molecule has 1 saturated carbocycles. The zero-order valence-corrected chi connectivity index (χ0v) is 22.0. The van der Waals surface area contributed by atoms with Gasteiger partial charge >= 0.3 is 6.03 Å². The Hall–Kier alpha value is -1.77. The third-order valence-electron chi connectivity index (χ3n) is 8.05. The number of hydrogen-bond acceptors (Lipinski definition) is 4. The Kier molecular flexibility index (Phi) is 11.4. The van der Waals surface area contributed by atoms with Crippen LogP contribution >= 0.6 is 0 Å². The van der Waals surface area contributed by atoms with Gasteiger partial charge in [0, 0.05) is 50.9 Å². The lowest BCUT2D eigenvalue weighted by molar-refractivity contribution is -0.0587. The van der Waals surface area contributed by atoms with Gasteiger partial charge < -0.3 is 25.4 Å². The average Bonchev–Trinajstić information content (AvgIpc) is 2.88. The summed E-state index contributed by atoms with van der Waals surface area (Å²) in [5.74, 6) is -0.257. The quantitative estimate of drug-likeness (QED) is 0.355. The van der Waals surface area contributed by atoms with Crippen LogP contribution in [0.4, 0.5) is 13.6 Å². The van der Waals surface area contributed by atoms with Crippen molar-refractivity contribution in [3.63, 3.8) is 0 Å². The van der Waals surface area contributed by atoms with E-state index in [1.807, 2.05) is 7.05 Å². The van der Waals surface area contributed by atoms with E-state index in [9.17, 15) is 18.7 Å². The van der Waals surface area contributed by atoms with Crippen molar-refractivity contribution in [2.45, 2.75) is 82.0 Å². The van der Waals surface area contributed by atoms with Crippen LogP contribution in [-0.4, -0.2) is 68.6 Å². The van der Waals surface area contributed by atoms with Crippen molar-refractivity contribution in [3.05, 3.63) is 35.6 Å². The molecule has 3 atom stereocenters. The predicted molar refractivity (Wildman–Crippen MR) is 138 cm³/mol. The number of aliphatic hydroxyl groups is 1. The van der Waals surface area contributed by atoms with Crippen LogP contribution in [-0.2, 0) is 10.3 Å². The Morgan fingerprint density at radius 3 is 2.67 bits per heavy atom. The molecule has 3 rings (SSSR count). The molecule has 3 N–H and O–H groups in total. The highest BCUT2D eigenvalue weighted by molar-refractivity contribution is 5.74. The Labute approximate surface area is 215 Å². The van der Waals surface area contributed by atoms with Gasteiger partial charge in [-0.1, -0.05) is 18.2 Å². The molecule has 2 aliphatic rings. The number of nitrogens with zero attached hydrogens (tertiary/aromatic N) is 1. The zero-order chi connectivity index (χ0) is 26.0. The molecule has 0 radical (unpaired) electrons. The number of methoxy groups -OCH3 is 1. The van der Waals surface area contributed by atoms with Gasteiger partial charge in [-0.25, -0.2) is 13.6 Å². The van der Waals surface area contributed by atoms with Gasteiger partial charge in [-0.15, -0.1) is 0 Å². The summed E-state index contributed by atoms with van der Waals surface area (Å²) in [4.78, 5) is 15.1. The molecule has 2 fully saturated rings. The molecule has 8 heteroatoms. The maximum atomic E-state index is 14.9. The molecule has 6 nitrogen and oxygen atoms in total. The van der Waals surface area contributed by atoms with Gasteiger partial charge in [0.2, 0.25) is 0 Å². The number of piperidine rings is 1. The highest BCUT2D eigenvalue weighted by atomic mass is 19.1. The molecule has 1 aromatic rings. The molecule has 36 heavy (non-hydrogen) atoms. The zero-order valence-electron chi connectivity index (χ0n) is 22.0. The fraction of sp³-hybridized carbons (Fsp3) is 0.750. The minimum atomic E-state index is -1.35. The summed E-state index contributed by atoms with van der Waals surface area (Å²) in [6.45, 7) is 2.22. The van der Waals surface area contributed by atoms with Crippen LogP contribution < -0.4 is 10.6 Å². The summed E-state index contributed by atoms with van der Waals surface area (Å²) in [5.41, 5.74) is -1.04. The second-order valence-electron chi connectivity index (χ2n) is 10.7. The third-order valence-corrected chi connectivity index (χ3v) is 8.05. The Morgan fingerprint density at radius 1 is 1.22 bits per heavy atom. The second kappa shape index (κ2) is 14.2. The van der Waals surface area contributed by atoms with Gasteiger partial charge in [-0.3, -0.25) is 0 Å². The van der Waals surface area contributed by atoms with Crippen LogP contribution in [0.2, 0.25) is 0 Å². The molecule has 1 heterocycles. The summed E-state index contributed by atoms with van der Waals surface area (Å²) in [6, 6.07) is 6.26. The number of ether oxygens (including phenoxy) is 1. The molecule has 1 aromatic carbocycles. The number of unbranched alkanes of at least 4 members (excludes halogenated alkanes) is 1. The van der Waals surface area contributed by atoms with Crippen LogP contribution in [0.3, 0.4) is 0 Å². The molecule has 0 spiro atoms. The SMILES string of the molecule is CNCC(CC1CCC(F)CC1)NC(=O)N1CCC[C@@H]([C@](O)(CCCCOC)c2ccccc2F)C1. The molecule has 1 unspecified atom stereocenters. The first-order valence-electron chi connectivity index (χ1n) is 13.7. The van der Waals surface area contributed by atoms with E-state index in [4.69, 9.17) is 4.74 Å². The van der Waals surface area contributed by atoms with E-state index >= 15 is 0 Å². The van der Waals surface area contributed by atoms with Crippen molar-refractivity contribution in [1.82, 2.24) is 15.5 Å². The van der Waals surface area contributed by atoms with Crippen molar-refractivity contribution in [1.29, 1.82) is 0 Å². The number of benzene rings is 1. The van der Waals surface area contributed by atoms with Gasteiger partial charge in [0.1, 0.15) is 12.0 Å². The van der Waals surface area contributed by atoms with E-state index < -0.39 is 17.6 Å². The lowest BCUT2D eigenvalue weighted by Gasteiger charge is -2.43. The molecule has 204 valence electrons. The number of rotatable bonds is 12. The predicted octanol–water partition coefficient (Wildman–Crippen LogP) is 4.76. The first-order chi connectivity index (χ1) is 17.4. The van der Waals surface area contributed by atoms with E-state index in [-0.39, 0.29) is 18.0 Å². The normalized spacial score (nSPS) is 25.2. The van der Waals surface area contributed by atoms with Crippen molar-refractivity contribution < 1.29 is 23.4 Å². The number of amides is 2. The van der Waals surface area contributed by atoms with Crippen molar-refractivity contribution >= 4 is 6.03 Å². The van der Waals surface area contributed by atoms with Crippen LogP contribution in [0.25, 0.3) is 0 Å². The van der Waals surface area contributed by atoms with E-state index in [2.05, 4.69) is 10.6 Å². The number of carbonyl (C=O) groups excluding carboxylic acids is 1. The summed E-state index contributed by atoms with van der Waals surface area (Å²) in [7, 11) is 3.51. The number of hydrogen-bond donors (Lipinski definition) is 3. The number of nitrogens with one attached hydrogen (secondary N) is 2. The third kappa shape index (κ3) is 7.86. The Balaban J connectivity index is 1.67. The van der Waals surface area contributed by atoms with Gasteiger partial charge in [0.05, 0.1) is 5.60 Å². The van der Waals surface area contributed by atoms with Gasteiger partial charge in [-0.05, 0) is 83.2 Å². The van der Waals surface area contributed by atoms with E-state index in [1.165, 1.54) is 6.07 Å². The summed E-state index contributed by atoms with van der Waals surface area (Å²) >= 11 is 0.